The van der Waals surface area contributed by atoms with Gasteiger partial charge in [0.2, 0.25) is 0 Å². The van der Waals surface area contributed by atoms with Crippen molar-refractivity contribution >= 4 is 49.9 Å². The van der Waals surface area contributed by atoms with Crippen molar-refractivity contribution < 1.29 is 0 Å². The first-order valence-corrected chi connectivity index (χ1v) is 12.0. The summed E-state index contributed by atoms with van der Waals surface area (Å²) in [4.78, 5) is 7.40. The standard InChI is InChI=1S/C27H20BrClN4/c1-17-21-15-16-32(23-10-6-5-9-22(23)29)26(21)24-25(18-11-13-19(28)14-12-18)31-33(27(24)30-17)20-7-3-2-4-8-20/h2-14H,15-16H2,1H3. The zero-order valence-corrected chi connectivity index (χ0v) is 20.3. The van der Waals surface area contributed by atoms with Crippen LogP contribution in [0.3, 0.4) is 0 Å². The number of aryl methyl sites for hydroxylation is 1. The van der Waals surface area contributed by atoms with Crippen LogP contribution in [0.25, 0.3) is 28.0 Å². The molecule has 1 aliphatic rings. The average Bonchev–Trinajstić information content (AvgIpc) is 3.43. The minimum absolute atomic E-state index is 0.744. The number of rotatable bonds is 3. The molecule has 2 aromatic heterocycles. The quantitative estimate of drug-likeness (QED) is 0.249. The zero-order valence-electron chi connectivity index (χ0n) is 18.0. The summed E-state index contributed by atoms with van der Waals surface area (Å²) in [5.41, 5.74) is 8.28. The lowest BCUT2D eigenvalue weighted by molar-refractivity contribution is 0.896. The van der Waals surface area contributed by atoms with E-state index in [0.29, 0.717) is 0 Å². The van der Waals surface area contributed by atoms with Crippen LogP contribution in [0.15, 0.2) is 83.3 Å². The summed E-state index contributed by atoms with van der Waals surface area (Å²) in [5.74, 6) is 0. The molecule has 4 nitrogen and oxygen atoms in total. The van der Waals surface area contributed by atoms with E-state index in [1.807, 2.05) is 41.1 Å². The predicted molar refractivity (Wildman–Crippen MR) is 139 cm³/mol. The summed E-state index contributed by atoms with van der Waals surface area (Å²) >= 11 is 10.2. The molecule has 3 heterocycles. The van der Waals surface area contributed by atoms with Gasteiger partial charge in [-0.1, -0.05) is 70.0 Å². The van der Waals surface area contributed by atoms with Crippen LogP contribution in [0, 0.1) is 6.92 Å². The number of anilines is 2. The van der Waals surface area contributed by atoms with E-state index in [1.54, 1.807) is 0 Å². The number of hydrogen-bond acceptors (Lipinski definition) is 3. The van der Waals surface area contributed by atoms with Gasteiger partial charge >= 0.3 is 0 Å². The SMILES string of the molecule is Cc1nc2c(c(-c3ccc(Br)cc3)nn2-c2ccccc2)c2c1CCN2c1ccccc1Cl. The first kappa shape index (κ1) is 20.5. The van der Waals surface area contributed by atoms with Gasteiger partial charge in [0.05, 0.1) is 27.5 Å². The van der Waals surface area contributed by atoms with Gasteiger partial charge in [-0.15, -0.1) is 0 Å². The van der Waals surface area contributed by atoms with E-state index < -0.39 is 0 Å². The highest BCUT2D eigenvalue weighted by Crippen LogP contribution is 2.46. The Bertz CT molecular complexity index is 1490. The van der Waals surface area contributed by atoms with Gasteiger partial charge in [-0.3, -0.25) is 0 Å². The van der Waals surface area contributed by atoms with Gasteiger partial charge in [0, 0.05) is 22.3 Å². The number of nitrogens with zero attached hydrogens (tertiary/aromatic N) is 4. The number of benzene rings is 3. The molecule has 0 radical (unpaired) electrons. The second-order valence-corrected chi connectivity index (χ2v) is 9.50. The average molecular weight is 516 g/mol. The number of pyridine rings is 1. The van der Waals surface area contributed by atoms with Crippen LogP contribution in [-0.2, 0) is 6.42 Å². The van der Waals surface area contributed by atoms with Crippen molar-refractivity contribution in [2.45, 2.75) is 13.3 Å². The topological polar surface area (TPSA) is 34.0 Å². The molecular weight excluding hydrogens is 496 g/mol. The third kappa shape index (κ3) is 3.35. The Hall–Kier alpha value is -3.15. The molecule has 0 bridgehead atoms. The Kier molecular flexibility index (Phi) is 4.97. The predicted octanol–water partition coefficient (Wildman–Crippen LogP) is 7.51. The highest BCUT2D eigenvalue weighted by atomic mass is 79.9. The van der Waals surface area contributed by atoms with E-state index in [0.717, 1.165) is 67.5 Å². The van der Waals surface area contributed by atoms with Crippen LogP contribution >= 0.6 is 27.5 Å². The van der Waals surface area contributed by atoms with Crippen molar-refractivity contribution in [3.63, 3.8) is 0 Å². The lowest BCUT2D eigenvalue weighted by Crippen LogP contribution is -2.14. The molecular formula is C27H20BrClN4. The van der Waals surface area contributed by atoms with Crippen LogP contribution < -0.4 is 4.90 Å². The summed E-state index contributed by atoms with van der Waals surface area (Å²) in [5, 5.41) is 6.91. The Morgan fingerprint density at radius 3 is 2.39 bits per heavy atom. The van der Waals surface area contributed by atoms with Gasteiger partial charge in [0.25, 0.3) is 0 Å². The van der Waals surface area contributed by atoms with Gasteiger partial charge < -0.3 is 4.90 Å². The maximum absolute atomic E-state index is 6.65. The molecule has 0 amide bonds. The third-order valence-electron chi connectivity index (χ3n) is 6.21. The fourth-order valence-electron chi connectivity index (χ4n) is 4.68. The Labute approximate surface area is 205 Å². The van der Waals surface area contributed by atoms with Crippen LogP contribution in [0.4, 0.5) is 11.4 Å². The third-order valence-corrected chi connectivity index (χ3v) is 7.06. The van der Waals surface area contributed by atoms with E-state index in [1.165, 1.54) is 5.56 Å². The van der Waals surface area contributed by atoms with E-state index >= 15 is 0 Å². The molecule has 3 aromatic carbocycles. The maximum Gasteiger partial charge on any atom is 0.165 e. The van der Waals surface area contributed by atoms with Crippen LogP contribution in [0.1, 0.15) is 11.3 Å². The molecule has 0 fully saturated rings. The highest BCUT2D eigenvalue weighted by molar-refractivity contribution is 9.10. The van der Waals surface area contributed by atoms with Gasteiger partial charge in [-0.05, 0) is 55.3 Å². The summed E-state index contributed by atoms with van der Waals surface area (Å²) < 4.78 is 3.00. The minimum Gasteiger partial charge on any atom is -0.339 e. The molecule has 0 aliphatic carbocycles. The largest absolute Gasteiger partial charge is 0.339 e. The van der Waals surface area contributed by atoms with Crippen molar-refractivity contribution in [2.75, 3.05) is 11.4 Å². The fraction of sp³-hybridized carbons (Fsp3) is 0.111. The fourth-order valence-corrected chi connectivity index (χ4v) is 5.18. The zero-order chi connectivity index (χ0) is 22.5. The molecule has 0 saturated carbocycles. The molecule has 0 atom stereocenters. The lowest BCUT2D eigenvalue weighted by Gasteiger charge is -2.22. The number of para-hydroxylation sites is 2. The van der Waals surface area contributed by atoms with Crippen molar-refractivity contribution in [2.24, 2.45) is 0 Å². The highest BCUT2D eigenvalue weighted by Gasteiger charge is 2.31. The van der Waals surface area contributed by atoms with Crippen molar-refractivity contribution in [1.82, 2.24) is 14.8 Å². The maximum atomic E-state index is 6.65. The van der Waals surface area contributed by atoms with Crippen LogP contribution in [0.2, 0.25) is 5.02 Å². The van der Waals surface area contributed by atoms with E-state index in [-0.39, 0.29) is 0 Å². The van der Waals surface area contributed by atoms with Crippen LogP contribution in [0.5, 0.6) is 0 Å². The summed E-state index contributed by atoms with van der Waals surface area (Å²) in [6.07, 6.45) is 0.922. The van der Waals surface area contributed by atoms with E-state index in [2.05, 4.69) is 70.2 Å². The van der Waals surface area contributed by atoms with Gasteiger partial charge in [-0.25, -0.2) is 9.67 Å². The molecule has 0 N–H and O–H groups in total. The Morgan fingerprint density at radius 2 is 1.64 bits per heavy atom. The van der Waals surface area contributed by atoms with Gasteiger partial charge in [-0.2, -0.15) is 5.10 Å². The second-order valence-electron chi connectivity index (χ2n) is 8.18. The van der Waals surface area contributed by atoms with Crippen molar-refractivity contribution in [3.05, 3.63) is 99.6 Å². The lowest BCUT2D eigenvalue weighted by atomic mass is 10.0. The summed E-state index contributed by atoms with van der Waals surface area (Å²) in [7, 11) is 0. The summed E-state index contributed by atoms with van der Waals surface area (Å²) in [6.45, 7) is 2.95. The first-order chi connectivity index (χ1) is 16.1. The molecule has 162 valence electrons. The molecule has 0 unspecified atom stereocenters. The van der Waals surface area contributed by atoms with Gasteiger partial charge in [0.15, 0.2) is 5.65 Å². The van der Waals surface area contributed by atoms with Gasteiger partial charge in [0.1, 0.15) is 5.69 Å². The molecule has 33 heavy (non-hydrogen) atoms. The molecule has 1 aliphatic heterocycles. The normalized spacial score (nSPS) is 13.0. The Balaban J connectivity index is 1.71. The monoisotopic (exact) mass is 514 g/mol. The minimum atomic E-state index is 0.744. The van der Waals surface area contributed by atoms with Crippen LogP contribution in [-0.4, -0.2) is 21.3 Å². The van der Waals surface area contributed by atoms with Crippen molar-refractivity contribution in [3.8, 4) is 16.9 Å². The van der Waals surface area contributed by atoms with E-state index in [4.69, 9.17) is 21.7 Å². The number of aromatic nitrogens is 3. The number of fused-ring (bicyclic) bond motifs is 3. The number of hydrogen-bond donors (Lipinski definition) is 0. The molecule has 6 heteroatoms. The molecule has 6 rings (SSSR count). The molecule has 5 aromatic rings. The number of halogens is 2. The second kappa shape index (κ2) is 8.01. The van der Waals surface area contributed by atoms with E-state index in [9.17, 15) is 0 Å². The molecule has 0 saturated heterocycles. The smallest absolute Gasteiger partial charge is 0.165 e. The Morgan fingerprint density at radius 1 is 0.909 bits per heavy atom. The summed E-state index contributed by atoms with van der Waals surface area (Å²) in [6, 6.07) is 26.5. The van der Waals surface area contributed by atoms with Crippen molar-refractivity contribution in [1.29, 1.82) is 0 Å². The molecule has 0 spiro atoms. The first-order valence-electron chi connectivity index (χ1n) is 10.9.